The molecule has 0 spiro atoms. The first-order valence-corrected chi connectivity index (χ1v) is 13.8. The van der Waals surface area contributed by atoms with E-state index in [0.717, 1.165) is 66.8 Å². The van der Waals surface area contributed by atoms with Gasteiger partial charge in [-0.05, 0) is 71.7 Å². The Morgan fingerprint density at radius 1 is 1.23 bits per heavy atom. The van der Waals surface area contributed by atoms with Crippen LogP contribution in [0.2, 0.25) is 0 Å². The van der Waals surface area contributed by atoms with Gasteiger partial charge in [0.2, 0.25) is 5.95 Å². The molecule has 1 saturated heterocycles. The summed E-state index contributed by atoms with van der Waals surface area (Å²) in [5.74, 6) is 2.33. The van der Waals surface area contributed by atoms with E-state index in [9.17, 15) is 4.79 Å². The summed E-state index contributed by atoms with van der Waals surface area (Å²) in [7, 11) is 0. The summed E-state index contributed by atoms with van der Waals surface area (Å²) in [6.45, 7) is 13.1. The molecule has 1 atom stereocenters. The molecular formula is C29H39N7O3. The number of aryl methyl sites for hydroxylation is 1. The van der Waals surface area contributed by atoms with E-state index in [1.54, 1.807) is 11.1 Å². The fourth-order valence-corrected chi connectivity index (χ4v) is 5.08. The molecule has 1 aromatic carbocycles. The van der Waals surface area contributed by atoms with Crippen molar-refractivity contribution in [3.63, 3.8) is 0 Å². The molecule has 1 fully saturated rings. The highest BCUT2D eigenvalue weighted by molar-refractivity contribution is 5.70. The molecule has 208 valence electrons. The summed E-state index contributed by atoms with van der Waals surface area (Å²) in [4.78, 5) is 31.1. The fraction of sp³-hybridized carbons (Fsp3) is 0.517. The van der Waals surface area contributed by atoms with Crippen LogP contribution in [0.15, 0.2) is 36.7 Å². The van der Waals surface area contributed by atoms with Gasteiger partial charge in [0.1, 0.15) is 17.2 Å². The maximum atomic E-state index is 12.9. The van der Waals surface area contributed by atoms with E-state index < -0.39 is 5.60 Å². The normalized spacial score (nSPS) is 17.2. The van der Waals surface area contributed by atoms with Crippen LogP contribution in [0.5, 0.6) is 0 Å². The quantitative estimate of drug-likeness (QED) is 0.453. The lowest BCUT2D eigenvalue weighted by Crippen LogP contribution is -2.42. The molecule has 2 aromatic heterocycles. The van der Waals surface area contributed by atoms with Crippen LogP contribution in [0.1, 0.15) is 57.6 Å². The lowest BCUT2D eigenvalue weighted by atomic mass is 10.1. The van der Waals surface area contributed by atoms with Gasteiger partial charge in [-0.3, -0.25) is 0 Å². The second kappa shape index (κ2) is 11.2. The number of hydrogen-bond donors (Lipinski definition) is 1. The lowest BCUT2D eigenvalue weighted by molar-refractivity contribution is 0.0223. The predicted octanol–water partition coefficient (Wildman–Crippen LogP) is 5.01. The Morgan fingerprint density at radius 3 is 2.67 bits per heavy atom. The SMILES string of the molecule is CCN(CC1CCCO1)c1nc(Nc2ccc(-n3ccnc3C)cc2)nc2c1CN(C(=O)OC(C)(C)C)CC2. The molecule has 0 saturated carbocycles. The van der Waals surface area contributed by atoms with Crippen LogP contribution in [-0.4, -0.2) is 68.5 Å². The number of nitrogens with zero attached hydrogens (tertiary/aromatic N) is 6. The van der Waals surface area contributed by atoms with E-state index >= 15 is 0 Å². The molecule has 4 heterocycles. The third-order valence-corrected chi connectivity index (χ3v) is 7.05. The predicted molar refractivity (Wildman–Crippen MR) is 151 cm³/mol. The number of ether oxygens (including phenoxy) is 2. The van der Waals surface area contributed by atoms with Crippen LogP contribution < -0.4 is 10.2 Å². The summed E-state index contributed by atoms with van der Waals surface area (Å²) in [5.41, 5.74) is 3.32. The van der Waals surface area contributed by atoms with Crippen LogP contribution in [0.3, 0.4) is 0 Å². The minimum absolute atomic E-state index is 0.178. The minimum Gasteiger partial charge on any atom is -0.444 e. The lowest BCUT2D eigenvalue weighted by Gasteiger charge is -2.34. The Hall–Kier alpha value is -3.66. The largest absolute Gasteiger partial charge is 0.444 e. The van der Waals surface area contributed by atoms with Crippen molar-refractivity contribution >= 4 is 23.5 Å². The molecule has 10 nitrogen and oxygen atoms in total. The first kappa shape index (κ1) is 26.9. The fourth-order valence-electron chi connectivity index (χ4n) is 5.08. The average Bonchev–Trinajstić information content (AvgIpc) is 3.58. The van der Waals surface area contributed by atoms with Crippen molar-refractivity contribution in [1.29, 1.82) is 0 Å². The molecule has 0 bridgehead atoms. The zero-order chi connectivity index (χ0) is 27.6. The maximum absolute atomic E-state index is 12.9. The number of carbonyl (C=O) groups is 1. The standard InChI is InChI=1S/C29H39N7O3/c1-6-34(18-23-8-7-17-38-23)26-24-19-35(28(37)39-29(3,4)5)15-13-25(24)32-27(33-26)31-21-9-11-22(12-10-21)36-16-14-30-20(36)2/h9-12,14,16,23H,6-8,13,15,17-19H2,1-5H3,(H,31,32,33). The van der Waals surface area contributed by atoms with Gasteiger partial charge in [-0.15, -0.1) is 0 Å². The molecule has 3 aromatic rings. The number of rotatable bonds is 7. The summed E-state index contributed by atoms with van der Waals surface area (Å²) in [6, 6.07) is 8.13. The third-order valence-electron chi connectivity index (χ3n) is 7.05. The Morgan fingerprint density at radius 2 is 2.03 bits per heavy atom. The average molecular weight is 534 g/mol. The molecule has 5 rings (SSSR count). The van der Waals surface area contributed by atoms with Gasteiger partial charge < -0.3 is 29.2 Å². The Kier molecular flexibility index (Phi) is 7.74. The van der Waals surface area contributed by atoms with Crippen molar-refractivity contribution in [2.24, 2.45) is 0 Å². The van der Waals surface area contributed by atoms with Crippen molar-refractivity contribution < 1.29 is 14.3 Å². The minimum atomic E-state index is -0.550. The molecule has 1 amide bonds. The second-order valence-electron chi connectivity index (χ2n) is 11.1. The van der Waals surface area contributed by atoms with Crippen LogP contribution in [0.25, 0.3) is 5.69 Å². The molecular weight excluding hydrogens is 494 g/mol. The summed E-state index contributed by atoms with van der Waals surface area (Å²) >= 11 is 0. The van der Waals surface area contributed by atoms with Crippen LogP contribution >= 0.6 is 0 Å². The van der Waals surface area contributed by atoms with Crippen LogP contribution in [0.4, 0.5) is 22.2 Å². The number of nitrogens with one attached hydrogen (secondary N) is 1. The third kappa shape index (κ3) is 6.33. The van der Waals surface area contributed by atoms with Gasteiger partial charge >= 0.3 is 6.09 Å². The number of amides is 1. The number of aromatic nitrogens is 4. The van der Waals surface area contributed by atoms with Crippen molar-refractivity contribution in [1.82, 2.24) is 24.4 Å². The number of hydrogen-bond acceptors (Lipinski definition) is 8. The van der Waals surface area contributed by atoms with Gasteiger partial charge in [0.25, 0.3) is 0 Å². The molecule has 10 heteroatoms. The van der Waals surface area contributed by atoms with Crippen LogP contribution in [-0.2, 0) is 22.4 Å². The number of carbonyl (C=O) groups excluding carboxylic acids is 1. The molecule has 2 aliphatic heterocycles. The van der Waals surface area contributed by atoms with E-state index in [-0.39, 0.29) is 12.2 Å². The summed E-state index contributed by atoms with van der Waals surface area (Å²) in [6.07, 6.45) is 6.37. The van der Waals surface area contributed by atoms with Gasteiger partial charge in [0.15, 0.2) is 0 Å². The Balaban J connectivity index is 1.43. The molecule has 0 radical (unpaired) electrons. The topological polar surface area (TPSA) is 97.6 Å². The second-order valence-corrected chi connectivity index (χ2v) is 11.1. The maximum Gasteiger partial charge on any atom is 0.410 e. The Labute approximate surface area is 230 Å². The van der Waals surface area contributed by atoms with Crippen molar-refractivity contribution in [2.45, 2.75) is 72.1 Å². The van der Waals surface area contributed by atoms with Crippen molar-refractivity contribution in [2.75, 3.05) is 36.5 Å². The molecule has 2 aliphatic rings. The van der Waals surface area contributed by atoms with Gasteiger partial charge in [0, 0.05) is 62.0 Å². The first-order valence-electron chi connectivity index (χ1n) is 13.8. The molecule has 1 unspecified atom stereocenters. The highest BCUT2D eigenvalue weighted by Crippen LogP contribution is 2.31. The van der Waals surface area contributed by atoms with Gasteiger partial charge in [-0.25, -0.2) is 14.8 Å². The van der Waals surface area contributed by atoms with Gasteiger partial charge in [-0.2, -0.15) is 4.98 Å². The zero-order valence-corrected chi connectivity index (χ0v) is 23.6. The molecule has 39 heavy (non-hydrogen) atoms. The smallest absolute Gasteiger partial charge is 0.410 e. The van der Waals surface area contributed by atoms with Crippen LogP contribution in [0, 0.1) is 6.92 Å². The van der Waals surface area contributed by atoms with Crippen molar-refractivity contribution in [3.8, 4) is 5.69 Å². The van der Waals surface area contributed by atoms with E-state index in [1.165, 1.54) is 0 Å². The number of benzene rings is 1. The monoisotopic (exact) mass is 533 g/mol. The summed E-state index contributed by atoms with van der Waals surface area (Å²) in [5, 5.41) is 3.41. The molecule has 0 aliphatic carbocycles. The molecule has 1 N–H and O–H groups in total. The van der Waals surface area contributed by atoms with E-state index in [4.69, 9.17) is 19.4 Å². The number of anilines is 3. The number of imidazole rings is 1. The number of likely N-dealkylation sites (N-methyl/N-ethyl adjacent to an activating group) is 1. The highest BCUT2D eigenvalue weighted by atomic mass is 16.6. The van der Waals surface area contributed by atoms with Gasteiger partial charge in [0.05, 0.1) is 18.3 Å². The van der Waals surface area contributed by atoms with Crippen molar-refractivity contribution in [3.05, 3.63) is 53.7 Å². The highest BCUT2D eigenvalue weighted by Gasteiger charge is 2.31. The van der Waals surface area contributed by atoms with E-state index in [1.807, 2.05) is 62.7 Å². The van der Waals surface area contributed by atoms with Gasteiger partial charge in [-0.1, -0.05) is 0 Å². The number of fused-ring (bicyclic) bond motifs is 1. The van der Waals surface area contributed by atoms with E-state index in [0.29, 0.717) is 25.5 Å². The van der Waals surface area contributed by atoms with E-state index in [2.05, 4.69) is 22.1 Å². The first-order chi connectivity index (χ1) is 18.7. The summed E-state index contributed by atoms with van der Waals surface area (Å²) < 4.78 is 13.7. The Bertz CT molecular complexity index is 1290. The zero-order valence-electron chi connectivity index (χ0n) is 23.6.